The maximum Gasteiger partial charge on any atom is 0.311 e. The van der Waals surface area contributed by atoms with Gasteiger partial charge in [-0.3, -0.25) is 0 Å². The standard InChI is InChI=1S/C12H15N3O3S/c13-6-10-3-4-12(15-8-10)18-19(16,17)9-11-2-1-5-14-7-11/h3-4,8,11,14H,1-2,5,7,9H2. The zero-order valence-electron chi connectivity index (χ0n) is 10.4. The maximum absolute atomic E-state index is 11.9. The molecule has 0 radical (unpaired) electrons. The number of hydrogen-bond acceptors (Lipinski definition) is 6. The van der Waals surface area contributed by atoms with Crippen LogP contribution in [0.5, 0.6) is 5.88 Å². The summed E-state index contributed by atoms with van der Waals surface area (Å²) in [5.41, 5.74) is 0.362. The molecule has 7 heteroatoms. The van der Waals surface area contributed by atoms with E-state index in [4.69, 9.17) is 9.44 Å². The Morgan fingerprint density at radius 2 is 2.37 bits per heavy atom. The molecular weight excluding hydrogens is 266 g/mol. The molecule has 0 bridgehead atoms. The number of pyridine rings is 1. The highest BCUT2D eigenvalue weighted by Crippen LogP contribution is 2.16. The van der Waals surface area contributed by atoms with Crippen LogP contribution in [0.4, 0.5) is 0 Å². The molecule has 102 valence electrons. The molecular formula is C12H15N3O3S. The van der Waals surface area contributed by atoms with E-state index in [2.05, 4.69) is 10.3 Å². The van der Waals surface area contributed by atoms with E-state index in [1.807, 2.05) is 6.07 Å². The quantitative estimate of drug-likeness (QED) is 0.815. The van der Waals surface area contributed by atoms with Crippen molar-refractivity contribution in [1.82, 2.24) is 10.3 Å². The Morgan fingerprint density at radius 1 is 1.53 bits per heavy atom. The summed E-state index contributed by atoms with van der Waals surface area (Å²) in [6.45, 7) is 1.64. The summed E-state index contributed by atoms with van der Waals surface area (Å²) in [6, 6.07) is 4.76. The summed E-state index contributed by atoms with van der Waals surface area (Å²) in [5.74, 6) is 0.0710. The molecule has 1 aromatic heterocycles. The van der Waals surface area contributed by atoms with Crippen molar-refractivity contribution in [3.63, 3.8) is 0 Å². The van der Waals surface area contributed by atoms with Gasteiger partial charge in [0, 0.05) is 12.3 Å². The average Bonchev–Trinajstić information content (AvgIpc) is 2.39. The second-order valence-electron chi connectivity index (χ2n) is 4.52. The van der Waals surface area contributed by atoms with E-state index in [0.29, 0.717) is 12.1 Å². The minimum absolute atomic E-state index is 0.00256. The number of aromatic nitrogens is 1. The van der Waals surface area contributed by atoms with Gasteiger partial charge in [-0.25, -0.2) is 4.98 Å². The smallest absolute Gasteiger partial charge is 0.311 e. The summed E-state index contributed by atoms with van der Waals surface area (Å²) in [4.78, 5) is 3.79. The Morgan fingerprint density at radius 3 is 2.95 bits per heavy atom. The van der Waals surface area contributed by atoms with Gasteiger partial charge in [-0.05, 0) is 37.9 Å². The molecule has 1 aliphatic heterocycles. The zero-order valence-corrected chi connectivity index (χ0v) is 11.2. The van der Waals surface area contributed by atoms with Crippen molar-refractivity contribution in [2.24, 2.45) is 5.92 Å². The highest BCUT2D eigenvalue weighted by Gasteiger charge is 2.23. The van der Waals surface area contributed by atoms with Crippen LogP contribution in [0, 0.1) is 17.2 Å². The van der Waals surface area contributed by atoms with Gasteiger partial charge < -0.3 is 9.50 Å². The van der Waals surface area contributed by atoms with Crippen LogP contribution >= 0.6 is 0 Å². The topological polar surface area (TPSA) is 92.1 Å². The lowest BCUT2D eigenvalue weighted by Crippen LogP contribution is -2.34. The Bertz CT molecular complexity index is 557. The minimum atomic E-state index is -3.64. The molecule has 1 aliphatic rings. The van der Waals surface area contributed by atoms with Crippen LogP contribution in [-0.2, 0) is 10.1 Å². The first-order chi connectivity index (χ1) is 9.09. The van der Waals surface area contributed by atoms with Gasteiger partial charge in [-0.1, -0.05) is 0 Å². The number of piperidine rings is 1. The monoisotopic (exact) mass is 281 g/mol. The van der Waals surface area contributed by atoms with Crippen LogP contribution in [0.3, 0.4) is 0 Å². The van der Waals surface area contributed by atoms with Gasteiger partial charge in [0.2, 0.25) is 5.88 Å². The third-order valence-electron chi connectivity index (χ3n) is 2.92. The largest absolute Gasteiger partial charge is 0.362 e. The molecule has 1 N–H and O–H groups in total. The number of rotatable bonds is 4. The molecule has 6 nitrogen and oxygen atoms in total. The molecule has 0 aliphatic carbocycles. The summed E-state index contributed by atoms with van der Waals surface area (Å²) < 4.78 is 28.7. The van der Waals surface area contributed by atoms with Crippen molar-refractivity contribution >= 4 is 10.1 Å². The minimum Gasteiger partial charge on any atom is -0.362 e. The van der Waals surface area contributed by atoms with Crippen molar-refractivity contribution in [2.45, 2.75) is 12.8 Å². The Labute approximate surface area is 112 Å². The summed E-state index contributed by atoms with van der Waals surface area (Å²) in [5, 5.41) is 11.8. The summed E-state index contributed by atoms with van der Waals surface area (Å²) in [7, 11) is -3.64. The predicted octanol–water partition coefficient (Wildman–Crippen LogP) is 0.661. The zero-order chi connectivity index (χ0) is 13.7. The van der Waals surface area contributed by atoms with E-state index in [1.54, 1.807) is 0 Å². The van der Waals surface area contributed by atoms with E-state index in [-0.39, 0.29) is 17.6 Å². The van der Waals surface area contributed by atoms with Gasteiger partial charge in [-0.15, -0.1) is 0 Å². The van der Waals surface area contributed by atoms with Crippen LogP contribution in [-0.4, -0.2) is 32.2 Å². The molecule has 2 heterocycles. The van der Waals surface area contributed by atoms with Crippen molar-refractivity contribution in [2.75, 3.05) is 18.8 Å². The number of hydrogen-bond donors (Lipinski definition) is 1. The molecule has 0 spiro atoms. The predicted molar refractivity (Wildman–Crippen MR) is 69.0 cm³/mol. The van der Waals surface area contributed by atoms with E-state index in [9.17, 15) is 8.42 Å². The third-order valence-corrected chi connectivity index (χ3v) is 4.22. The molecule has 1 saturated heterocycles. The van der Waals surface area contributed by atoms with E-state index in [0.717, 1.165) is 19.4 Å². The van der Waals surface area contributed by atoms with Crippen molar-refractivity contribution in [1.29, 1.82) is 5.26 Å². The summed E-state index contributed by atoms with van der Waals surface area (Å²) >= 11 is 0. The van der Waals surface area contributed by atoms with E-state index < -0.39 is 10.1 Å². The lowest BCUT2D eigenvalue weighted by molar-refractivity contribution is 0.390. The molecule has 19 heavy (non-hydrogen) atoms. The molecule has 1 fully saturated rings. The fourth-order valence-electron chi connectivity index (χ4n) is 2.01. The van der Waals surface area contributed by atoms with Crippen molar-refractivity contribution in [3.05, 3.63) is 23.9 Å². The fraction of sp³-hybridized carbons (Fsp3) is 0.500. The SMILES string of the molecule is N#Cc1ccc(OS(=O)(=O)CC2CCCNC2)nc1. The van der Waals surface area contributed by atoms with Crippen molar-refractivity contribution < 1.29 is 12.6 Å². The Balaban J connectivity index is 1.97. The molecule has 1 atom stereocenters. The summed E-state index contributed by atoms with van der Waals surface area (Å²) in [6.07, 6.45) is 3.15. The fourth-order valence-corrected chi connectivity index (χ4v) is 3.30. The van der Waals surface area contributed by atoms with Crippen LogP contribution in [0.1, 0.15) is 18.4 Å². The van der Waals surface area contributed by atoms with Gasteiger partial charge in [0.25, 0.3) is 0 Å². The van der Waals surface area contributed by atoms with Gasteiger partial charge in [-0.2, -0.15) is 13.7 Å². The first-order valence-electron chi connectivity index (χ1n) is 6.08. The molecule has 0 saturated carbocycles. The third kappa shape index (κ3) is 4.19. The van der Waals surface area contributed by atoms with Gasteiger partial charge in [0.05, 0.1) is 11.3 Å². The molecule has 1 unspecified atom stereocenters. The number of nitriles is 1. The Hall–Kier alpha value is -1.65. The highest BCUT2D eigenvalue weighted by molar-refractivity contribution is 7.87. The van der Waals surface area contributed by atoms with Gasteiger partial charge in [0.1, 0.15) is 6.07 Å². The lowest BCUT2D eigenvalue weighted by Gasteiger charge is -2.22. The first kappa shape index (κ1) is 13.8. The second-order valence-corrected chi connectivity index (χ2v) is 6.13. The normalized spacial score (nSPS) is 19.6. The molecule has 0 aromatic carbocycles. The number of nitrogens with one attached hydrogen (secondary N) is 1. The van der Waals surface area contributed by atoms with Crippen LogP contribution in [0.25, 0.3) is 0 Å². The van der Waals surface area contributed by atoms with E-state index >= 15 is 0 Å². The van der Waals surface area contributed by atoms with Gasteiger partial charge >= 0.3 is 10.1 Å². The van der Waals surface area contributed by atoms with Crippen LogP contribution < -0.4 is 9.50 Å². The average molecular weight is 281 g/mol. The van der Waals surface area contributed by atoms with E-state index in [1.165, 1.54) is 18.3 Å². The molecule has 1 aromatic rings. The van der Waals surface area contributed by atoms with Gasteiger partial charge in [0.15, 0.2) is 0 Å². The van der Waals surface area contributed by atoms with Crippen LogP contribution in [0.2, 0.25) is 0 Å². The second kappa shape index (κ2) is 5.99. The molecule has 2 rings (SSSR count). The number of nitrogens with zero attached hydrogens (tertiary/aromatic N) is 2. The molecule has 0 amide bonds. The first-order valence-corrected chi connectivity index (χ1v) is 7.66. The van der Waals surface area contributed by atoms with Crippen molar-refractivity contribution in [3.8, 4) is 11.9 Å². The maximum atomic E-state index is 11.9. The van der Waals surface area contributed by atoms with Crippen LogP contribution in [0.15, 0.2) is 18.3 Å². The highest BCUT2D eigenvalue weighted by atomic mass is 32.2. The Kier molecular flexibility index (Phi) is 4.35. The lowest BCUT2D eigenvalue weighted by atomic mass is 10.0.